The first-order valence-electron chi connectivity index (χ1n) is 6.47. The summed E-state index contributed by atoms with van der Waals surface area (Å²) in [6.45, 7) is 1.89. The molecule has 0 saturated carbocycles. The highest BCUT2D eigenvalue weighted by Gasteiger charge is 2.19. The number of methoxy groups -OCH3 is 1. The Kier molecular flexibility index (Phi) is 3.55. The molecule has 1 aromatic heterocycles. The zero-order chi connectivity index (χ0) is 15.0. The third-order valence-electron chi connectivity index (χ3n) is 3.46. The van der Waals surface area contributed by atoms with Crippen LogP contribution in [-0.2, 0) is 0 Å². The topological polar surface area (TPSA) is 39.4 Å². The highest BCUT2D eigenvalue weighted by molar-refractivity contribution is 9.10. The van der Waals surface area contributed by atoms with Crippen molar-refractivity contribution in [1.82, 2.24) is 0 Å². The molecule has 0 unspecified atom stereocenters. The van der Waals surface area contributed by atoms with Gasteiger partial charge in [0, 0.05) is 27.1 Å². The molecule has 0 aliphatic carbocycles. The molecule has 4 heteroatoms. The average molecular weight is 345 g/mol. The van der Waals surface area contributed by atoms with Gasteiger partial charge in [0.05, 0.1) is 7.11 Å². The Hall–Kier alpha value is -2.07. The Morgan fingerprint density at radius 1 is 1.14 bits per heavy atom. The number of carbonyl (C=O) groups is 1. The van der Waals surface area contributed by atoms with Crippen molar-refractivity contribution < 1.29 is 13.9 Å². The van der Waals surface area contributed by atoms with Gasteiger partial charge >= 0.3 is 0 Å². The lowest BCUT2D eigenvalue weighted by atomic mass is 10.0. The van der Waals surface area contributed by atoms with Crippen LogP contribution in [0.4, 0.5) is 0 Å². The van der Waals surface area contributed by atoms with Gasteiger partial charge in [-0.15, -0.1) is 0 Å². The minimum Gasteiger partial charge on any atom is -0.497 e. The van der Waals surface area contributed by atoms with Crippen LogP contribution in [-0.4, -0.2) is 12.9 Å². The van der Waals surface area contributed by atoms with E-state index in [0.717, 1.165) is 15.4 Å². The molecule has 0 amide bonds. The summed E-state index contributed by atoms with van der Waals surface area (Å²) in [6.07, 6.45) is 0. The molecule has 0 bridgehead atoms. The molecule has 21 heavy (non-hydrogen) atoms. The summed E-state index contributed by atoms with van der Waals surface area (Å²) >= 11 is 3.36. The number of carbonyl (C=O) groups excluding carboxylic acids is 1. The first-order valence-corrected chi connectivity index (χ1v) is 7.27. The van der Waals surface area contributed by atoms with Gasteiger partial charge in [0.25, 0.3) is 0 Å². The fourth-order valence-corrected chi connectivity index (χ4v) is 2.55. The molecular formula is C17H13BrO3. The van der Waals surface area contributed by atoms with E-state index in [0.29, 0.717) is 22.7 Å². The van der Waals surface area contributed by atoms with Gasteiger partial charge in [-0.25, -0.2) is 0 Å². The summed E-state index contributed by atoms with van der Waals surface area (Å²) in [6, 6.07) is 12.8. The van der Waals surface area contributed by atoms with E-state index in [1.54, 1.807) is 25.3 Å². The normalized spacial score (nSPS) is 10.8. The summed E-state index contributed by atoms with van der Waals surface area (Å²) in [4.78, 5) is 12.6. The van der Waals surface area contributed by atoms with Crippen LogP contribution in [0.3, 0.4) is 0 Å². The molecule has 1 heterocycles. The van der Waals surface area contributed by atoms with Crippen molar-refractivity contribution in [2.24, 2.45) is 0 Å². The van der Waals surface area contributed by atoms with Crippen molar-refractivity contribution >= 4 is 32.7 Å². The van der Waals surface area contributed by atoms with Crippen molar-refractivity contribution in [1.29, 1.82) is 0 Å². The molecular weight excluding hydrogens is 332 g/mol. The number of hydrogen-bond acceptors (Lipinski definition) is 3. The zero-order valence-electron chi connectivity index (χ0n) is 11.6. The number of halogens is 1. The standard InChI is InChI=1S/C17H13BrO3/c1-10-14-8-7-13(20-2)9-15(14)21-17(10)16(19)11-3-5-12(18)6-4-11/h3-9H,1-2H3. The SMILES string of the molecule is COc1ccc2c(C)c(C(=O)c3ccc(Br)cc3)oc2c1. The average Bonchev–Trinajstić information content (AvgIpc) is 2.83. The van der Waals surface area contributed by atoms with Crippen LogP contribution in [0.1, 0.15) is 21.7 Å². The number of ketones is 1. The van der Waals surface area contributed by atoms with Gasteiger partial charge in [-0.1, -0.05) is 15.9 Å². The van der Waals surface area contributed by atoms with E-state index in [1.807, 2.05) is 31.2 Å². The van der Waals surface area contributed by atoms with E-state index in [4.69, 9.17) is 9.15 Å². The molecule has 3 aromatic rings. The highest BCUT2D eigenvalue weighted by atomic mass is 79.9. The first-order chi connectivity index (χ1) is 10.1. The molecule has 0 atom stereocenters. The number of rotatable bonds is 3. The van der Waals surface area contributed by atoms with Crippen molar-refractivity contribution in [3.8, 4) is 5.75 Å². The van der Waals surface area contributed by atoms with E-state index in [2.05, 4.69) is 15.9 Å². The van der Waals surface area contributed by atoms with Crippen LogP contribution in [0.25, 0.3) is 11.0 Å². The maximum Gasteiger partial charge on any atom is 0.228 e. The lowest BCUT2D eigenvalue weighted by Crippen LogP contribution is -2.01. The van der Waals surface area contributed by atoms with Crippen molar-refractivity contribution in [3.05, 3.63) is 63.8 Å². The van der Waals surface area contributed by atoms with Crippen molar-refractivity contribution in [2.45, 2.75) is 6.92 Å². The number of furan rings is 1. The fourth-order valence-electron chi connectivity index (χ4n) is 2.28. The second-order valence-corrected chi connectivity index (χ2v) is 5.67. The molecule has 0 aliphatic heterocycles. The molecule has 0 N–H and O–H groups in total. The van der Waals surface area contributed by atoms with Crippen molar-refractivity contribution in [2.75, 3.05) is 7.11 Å². The Labute approximate surface area is 130 Å². The van der Waals surface area contributed by atoms with Crippen LogP contribution in [0.2, 0.25) is 0 Å². The molecule has 3 rings (SSSR count). The predicted octanol–water partition coefficient (Wildman–Crippen LogP) is 4.74. The van der Waals surface area contributed by atoms with Gasteiger partial charge in [0.2, 0.25) is 5.78 Å². The van der Waals surface area contributed by atoms with Gasteiger partial charge in [0.1, 0.15) is 11.3 Å². The molecule has 0 aliphatic rings. The van der Waals surface area contributed by atoms with Gasteiger partial charge in [0.15, 0.2) is 5.76 Å². The van der Waals surface area contributed by atoms with E-state index in [9.17, 15) is 4.79 Å². The number of ether oxygens (including phenoxy) is 1. The van der Waals surface area contributed by atoms with Gasteiger partial charge in [-0.05, 0) is 43.3 Å². The predicted molar refractivity (Wildman–Crippen MR) is 85.1 cm³/mol. The molecule has 0 fully saturated rings. The molecule has 3 nitrogen and oxygen atoms in total. The number of hydrogen-bond donors (Lipinski definition) is 0. The van der Waals surface area contributed by atoms with Crippen LogP contribution < -0.4 is 4.74 Å². The Bertz CT molecular complexity index is 816. The zero-order valence-corrected chi connectivity index (χ0v) is 13.2. The third-order valence-corrected chi connectivity index (χ3v) is 3.99. The third kappa shape index (κ3) is 2.47. The summed E-state index contributed by atoms with van der Waals surface area (Å²) in [5.74, 6) is 0.967. The number of aryl methyl sites for hydroxylation is 1. The highest BCUT2D eigenvalue weighted by Crippen LogP contribution is 2.30. The van der Waals surface area contributed by atoms with Gasteiger partial charge in [-0.2, -0.15) is 0 Å². The summed E-state index contributed by atoms with van der Waals surface area (Å²) < 4.78 is 11.9. The molecule has 106 valence electrons. The smallest absolute Gasteiger partial charge is 0.228 e. The van der Waals surface area contributed by atoms with Crippen LogP contribution in [0.15, 0.2) is 51.4 Å². The lowest BCUT2D eigenvalue weighted by molar-refractivity contribution is 0.101. The quantitative estimate of drug-likeness (QED) is 0.644. The summed E-state index contributed by atoms with van der Waals surface area (Å²) in [5.41, 5.74) is 2.11. The van der Waals surface area contributed by atoms with Crippen LogP contribution >= 0.6 is 15.9 Å². The minimum atomic E-state index is -0.116. The molecule has 0 saturated heterocycles. The second-order valence-electron chi connectivity index (χ2n) is 4.75. The monoisotopic (exact) mass is 344 g/mol. The minimum absolute atomic E-state index is 0.116. The summed E-state index contributed by atoms with van der Waals surface area (Å²) in [7, 11) is 1.60. The maximum absolute atomic E-state index is 12.6. The van der Waals surface area contributed by atoms with E-state index in [-0.39, 0.29) is 5.78 Å². The largest absolute Gasteiger partial charge is 0.497 e. The molecule has 2 aromatic carbocycles. The van der Waals surface area contributed by atoms with Gasteiger partial charge < -0.3 is 9.15 Å². The van der Waals surface area contributed by atoms with E-state index in [1.165, 1.54) is 0 Å². The van der Waals surface area contributed by atoms with Crippen LogP contribution in [0, 0.1) is 6.92 Å². The Morgan fingerprint density at radius 2 is 1.86 bits per heavy atom. The maximum atomic E-state index is 12.6. The van der Waals surface area contributed by atoms with E-state index >= 15 is 0 Å². The second kappa shape index (κ2) is 5.37. The summed E-state index contributed by atoms with van der Waals surface area (Å²) in [5, 5.41) is 0.927. The molecule has 0 radical (unpaired) electrons. The lowest BCUT2D eigenvalue weighted by Gasteiger charge is -1.99. The number of fused-ring (bicyclic) bond motifs is 1. The van der Waals surface area contributed by atoms with Gasteiger partial charge in [-0.3, -0.25) is 4.79 Å². The number of benzene rings is 2. The van der Waals surface area contributed by atoms with Crippen LogP contribution in [0.5, 0.6) is 5.75 Å². The fraction of sp³-hybridized carbons (Fsp3) is 0.118. The molecule has 0 spiro atoms. The Balaban J connectivity index is 2.09. The Morgan fingerprint density at radius 3 is 2.52 bits per heavy atom. The van der Waals surface area contributed by atoms with E-state index < -0.39 is 0 Å². The first kappa shape index (κ1) is 13.9. The van der Waals surface area contributed by atoms with Crippen molar-refractivity contribution in [3.63, 3.8) is 0 Å².